The zero-order valence-corrected chi connectivity index (χ0v) is 12.6. The first-order valence-electron chi connectivity index (χ1n) is 6.98. The summed E-state index contributed by atoms with van der Waals surface area (Å²) in [4.78, 5) is 23.0. The van der Waals surface area contributed by atoms with Crippen LogP contribution in [-0.4, -0.2) is 38.7 Å². The minimum Gasteiger partial charge on any atom is -0.497 e. The number of hydrogen-bond acceptors (Lipinski definition) is 5. The van der Waals surface area contributed by atoms with Gasteiger partial charge < -0.3 is 19.5 Å². The van der Waals surface area contributed by atoms with Crippen molar-refractivity contribution in [2.24, 2.45) is 0 Å². The quantitative estimate of drug-likeness (QED) is 0.611. The third kappa shape index (κ3) is 4.80. The number of hydrogen-bond donors (Lipinski definition) is 1. The van der Waals surface area contributed by atoms with Crippen molar-refractivity contribution in [3.8, 4) is 11.5 Å². The van der Waals surface area contributed by atoms with Gasteiger partial charge in [0.25, 0.3) is 5.91 Å². The molecule has 0 aliphatic heterocycles. The van der Waals surface area contributed by atoms with Gasteiger partial charge in [-0.15, -0.1) is 0 Å². The van der Waals surface area contributed by atoms with E-state index in [4.69, 9.17) is 14.2 Å². The Morgan fingerprint density at radius 3 is 2.68 bits per heavy atom. The molecule has 1 aromatic carbocycles. The van der Waals surface area contributed by atoms with E-state index in [0.717, 1.165) is 12.8 Å². The van der Waals surface area contributed by atoms with Gasteiger partial charge in [0.05, 0.1) is 14.2 Å². The molecule has 0 atom stereocenters. The summed E-state index contributed by atoms with van der Waals surface area (Å²) in [6.07, 6.45) is 4.80. The Kier molecular flexibility index (Phi) is 5.41. The molecule has 0 saturated heterocycles. The number of ether oxygens (including phenoxy) is 3. The van der Waals surface area contributed by atoms with Crippen molar-refractivity contribution in [3.05, 3.63) is 29.8 Å². The second-order valence-electron chi connectivity index (χ2n) is 4.89. The Hall–Kier alpha value is -2.50. The van der Waals surface area contributed by atoms with Gasteiger partial charge >= 0.3 is 5.97 Å². The van der Waals surface area contributed by atoms with E-state index in [1.165, 1.54) is 6.08 Å². The fourth-order valence-electron chi connectivity index (χ4n) is 1.81. The normalized spacial score (nSPS) is 13.7. The fraction of sp³-hybridized carbons (Fsp3) is 0.375. The number of rotatable bonds is 7. The van der Waals surface area contributed by atoms with Gasteiger partial charge in [0, 0.05) is 17.7 Å². The zero-order chi connectivity index (χ0) is 15.9. The SMILES string of the molecule is COc1ccc(OC)c(/C=C/C(=O)OCC(=O)NC2CC2)c1. The average Bonchev–Trinajstić information content (AvgIpc) is 3.34. The number of carbonyl (C=O) groups is 2. The van der Waals surface area contributed by atoms with Crippen molar-refractivity contribution in [1.82, 2.24) is 5.32 Å². The highest BCUT2D eigenvalue weighted by atomic mass is 16.5. The van der Waals surface area contributed by atoms with E-state index in [-0.39, 0.29) is 18.6 Å². The van der Waals surface area contributed by atoms with Gasteiger partial charge in [0.15, 0.2) is 6.61 Å². The van der Waals surface area contributed by atoms with E-state index in [2.05, 4.69) is 5.32 Å². The van der Waals surface area contributed by atoms with Crippen LogP contribution in [0, 0.1) is 0 Å². The standard InChI is InChI=1S/C16H19NO5/c1-20-13-6-7-14(21-2)11(9-13)3-8-16(19)22-10-15(18)17-12-4-5-12/h3,6-9,12H,4-5,10H2,1-2H3,(H,17,18)/b8-3+. The molecule has 6 nitrogen and oxygen atoms in total. The molecular weight excluding hydrogens is 286 g/mol. The van der Waals surface area contributed by atoms with Gasteiger partial charge in [0.1, 0.15) is 11.5 Å². The highest BCUT2D eigenvalue weighted by Crippen LogP contribution is 2.25. The van der Waals surface area contributed by atoms with E-state index in [0.29, 0.717) is 17.1 Å². The van der Waals surface area contributed by atoms with Crippen molar-refractivity contribution in [2.45, 2.75) is 18.9 Å². The molecule has 2 rings (SSSR count). The Morgan fingerprint density at radius 2 is 2.05 bits per heavy atom. The lowest BCUT2D eigenvalue weighted by atomic mass is 10.1. The van der Waals surface area contributed by atoms with Crippen LogP contribution < -0.4 is 14.8 Å². The summed E-state index contributed by atoms with van der Waals surface area (Å²) < 4.78 is 15.2. The second kappa shape index (κ2) is 7.49. The predicted octanol–water partition coefficient (Wildman–Crippen LogP) is 1.54. The minimum atomic E-state index is -0.587. The molecule has 0 heterocycles. The summed E-state index contributed by atoms with van der Waals surface area (Å²) in [5, 5.41) is 2.74. The Balaban J connectivity index is 1.89. The molecule has 0 spiro atoms. The molecule has 1 fully saturated rings. The lowest BCUT2D eigenvalue weighted by Crippen LogP contribution is -2.30. The smallest absolute Gasteiger partial charge is 0.331 e. The largest absolute Gasteiger partial charge is 0.497 e. The molecule has 1 amide bonds. The molecule has 6 heteroatoms. The van der Waals surface area contributed by atoms with Crippen LogP contribution in [0.15, 0.2) is 24.3 Å². The van der Waals surface area contributed by atoms with Gasteiger partial charge in [-0.1, -0.05) is 0 Å². The molecule has 22 heavy (non-hydrogen) atoms. The first-order valence-corrected chi connectivity index (χ1v) is 6.98. The first kappa shape index (κ1) is 15.9. The van der Waals surface area contributed by atoms with E-state index in [1.807, 2.05) is 0 Å². The topological polar surface area (TPSA) is 73.9 Å². The molecule has 0 unspecified atom stereocenters. The molecule has 1 aromatic rings. The third-order valence-corrected chi connectivity index (χ3v) is 3.12. The van der Waals surface area contributed by atoms with Gasteiger partial charge in [-0.3, -0.25) is 4.79 Å². The number of amides is 1. The van der Waals surface area contributed by atoms with E-state index < -0.39 is 5.97 Å². The fourth-order valence-corrected chi connectivity index (χ4v) is 1.81. The van der Waals surface area contributed by atoms with Crippen LogP contribution in [0.5, 0.6) is 11.5 Å². The number of methoxy groups -OCH3 is 2. The maximum Gasteiger partial charge on any atom is 0.331 e. The molecule has 1 aliphatic rings. The third-order valence-electron chi connectivity index (χ3n) is 3.12. The summed E-state index contributed by atoms with van der Waals surface area (Å²) in [6.45, 7) is -0.269. The van der Waals surface area contributed by atoms with Crippen molar-refractivity contribution in [2.75, 3.05) is 20.8 Å². The van der Waals surface area contributed by atoms with Crippen LogP contribution in [-0.2, 0) is 14.3 Å². The molecule has 0 bridgehead atoms. The van der Waals surface area contributed by atoms with Crippen LogP contribution in [0.4, 0.5) is 0 Å². The maximum absolute atomic E-state index is 11.6. The van der Waals surface area contributed by atoms with Gasteiger partial charge in [-0.05, 0) is 37.1 Å². The lowest BCUT2D eigenvalue weighted by Gasteiger charge is -2.07. The Labute approximate surface area is 129 Å². The summed E-state index contributed by atoms with van der Waals surface area (Å²) in [6, 6.07) is 5.49. The van der Waals surface area contributed by atoms with Crippen LogP contribution in [0.25, 0.3) is 6.08 Å². The van der Waals surface area contributed by atoms with Crippen molar-refractivity contribution < 1.29 is 23.8 Å². The van der Waals surface area contributed by atoms with Gasteiger partial charge in [-0.25, -0.2) is 4.79 Å². The Morgan fingerprint density at radius 1 is 1.27 bits per heavy atom. The maximum atomic E-state index is 11.6. The van der Waals surface area contributed by atoms with E-state index >= 15 is 0 Å². The number of benzene rings is 1. The van der Waals surface area contributed by atoms with Crippen LogP contribution in [0.2, 0.25) is 0 Å². The van der Waals surface area contributed by atoms with Crippen molar-refractivity contribution >= 4 is 18.0 Å². The zero-order valence-electron chi connectivity index (χ0n) is 12.6. The van der Waals surface area contributed by atoms with Gasteiger partial charge in [-0.2, -0.15) is 0 Å². The summed E-state index contributed by atoms with van der Waals surface area (Å²) in [5.41, 5.74) is 0.682. The second-order valence-corrected chi connectivity index (χ2v) is 4.89. The van der Waals surface area contributed by atoms with E-state index in [1.54, 1.807) is 38.5 Å². The highest BCUT2D eigenvalue weighted by Gasteiger charge is 2.23. The average molecular weight is 305 g/mol. The summed E-state index contributed by atoms with van der Waals surface area (Å²) in [5.74, 6) is 0.396. The minimum absolute atomic E-state index is 0.253. The lowest BCUT2D eigenvalue weighted by molar-refractivity contribution is -0.143. The molecule has 0 radical (unpaired) electrons. The number of esters is 1. The molecular formula is C16H19NO5. The molecule has 1 N–H and O–H groups in total. The molecule has 1 aliphatic carbocycles. The van der Waals surface area contributed by atoms with Crippen molar-refractivity contribution in [3.63, 3.8) is 0 Å². The molecule has 1 saturated carbocycles. The Bertz CT molecular complexity index is 578. The van der Waals surface area contributed by atoms with Crippen LogP contribution >= 0.6 is 0 Å². The van der Waals surface area contributed by atoms with Gasteiger partial charge in [0.2, 0.25) is 0 Å². The number of nitrogens with one attached hydrogen (secondary N) is 1. The monoisotopic (exact) mass is 305 g/mol. The molecule has 118 valence electrons. The highest BCUT2D eigenvalue weighted by molar-refractivity contribution is 5.89. The van der Waals surface area contributed by atoms with Crippen LogP contribution in [0.3, 0.4) is 0 Å². The summed E-state index contributed by atoms with van der Waals surface area (Å²) in [7, 11) is 3.10. The van der Waals surface area contributed by atoms with Crippen LogP contribution in [0.1, 0.15) is 18.4 Å². The van der Waals surface area contributed by atoms with E-state index in [9.17, 15) is 9.59 Å². The summed E-state index contributed by atoms with van der Waals surface area (Å²) >= 11 is 0. The first-order chi connectivity index (χ1) is 10.6. The van der Waals surface area contributed by atoms with Crippen molar-refractivity contribution in [1.29, 1.82) is 0 Å². The number of carbonyl (C=O) groups excluding carboxylic acids is 2. The molecule has 0 aromatic heterocycles. The predicted molar refractivity (Wildman–Crippen MR) is 80.7 cm³/mol.